The molecule has 110 valence electrons. The number of likely N-dealkylation sites (N-methyl/N-ethyl adjacent to an activating group) is 1. The van der Waals surface area contributed by atoms with Gasteiger partial charge >= 0.3 is 0 Å². The summed E-state index contributed by atoms with van der Waals surface area (Å²) in [6, 6.07) is 3.72. The van der Waals surface area contributed by atoms with Crippen molar-refractivity contribution in [3.63, 3.8) is 0 Å². The van der Waals surface area contributed by atoms with Gasteiger partial charge in [-0.15, -0.1) is 0 Å². The molecule has 6 nitrogen and oxygen atoms in total. The van der Waals surface area contributed by atoms with Crippen molar-refractivity contribution in [3.05, 3.63) is 17.7 Å². The van der Waals surface area contributed by atoms with Crippen molar-refractivity contribution in [2.45, 2.75) is 0 Å². The van der Waals surface area contributed by atoms with E-state index in [9.17, 15) is 4.79 Å². The van der Waals surface area contributed by atoms with Crippen LogP contribution in [-0.4, -0.2) is 58.2 Å². The topological polar surface area (TPSA) is 70.8 Å². The Bertz CT molecular complexity index is 496. The average molecular weight is 278 g/mol. The second-order valence-corrected chi connectivity index (χ2v) is 4.99. The number of amides is 1. The predicted molar refractivity (Wildman–Crippen MR) is 80.5 cm³/mol. The maximum absolute atomic E-state index is 12.0. The molecule has 0 atom stereocenters. The van der Waals surface area contributed by atoms with Gasteiger partial charge in [-0.3, -0.25) is 4.79 Å². The Hall–Kier alpha value is -1.95. The van der Waals surface area contributed by atoms with Crippen LogP contribution in [0.2, 0.25) is 0 Å². The van der Waals surface area contributed by atoms with Gasteiger partial charge in [-0.2, -0.15) is 0 Å². The number of nitrogen functional groups attached to an aromatic ring is 1. The molecule has 0 aromatic heterocycles. The van der Waals surface area contributed by atoms with Gasteiger partial charge in [0.25, 0.3) is 5.91 Å². The summed E-state index contributed by atoms with van der Waals surface area (Å²) in [4.78, 5) is 16.5. The molecule has 0 spiro atoms. The first kappa shape index (κ1) is 14.5. The molecule has 3 N–H and O–H groups in total. The van der Waals surface area contributed by atoms with E-state index in [1.165, 1.54) is 7.11 Å². The molecular formula is C14H22N4O2. The van der Waals surface area contributed by atoms with Crippen LogP contribution in [0.5, 0.6) is 5.75 Å². The van der Waals surface area contributed by atoms with Crippen LogP contribution in [0.15, 0.2) is 12.1 Å². The zero-order valence-corrected chi connectivity index (χ0v) is 12.3. The van der Waals surface area contributed by atoms with Gasteiger partial charge in [0, 0.05) is 38.9 Å². The van der Waals surface area contributed by atoms with Gasteiger partial charge in [0.2, 0.25) is 0 Å². The van der Waals surface area contributed by atoms with Gasteiger partial charge in [0.1, 0.15) is 0 Å². The maximum Gasteiger partial charge on any atom is 0.254 e. The Morgan fingerprint density at radius 3 is 2.50 bits per heavy atom. The van der Waals surface area contributed by atoms with Crippen molar-refractivity contribution < 1.29 is 9.53 Å². The lowest BCUT2D eigenvalue weighted by atomic mass is 10.1. The molecule has 1 aromatic rings. The molecule has 1 aromatic carbocycles. The monoisotopic (exact) mass is 278 g/mol. The van der Waals surface area contributed by atoms with Crippen molar-refractivity contribution in [2.24, 2.45) is 0 Å². The van der Waals surface area contributed by atoms with Gasteiger partial charge in [-0.1, -0.05) is 0 Å². The first-order valence-electron chi connectivity index (χ1n) is 6.70. The molecule has 0 radical (unpaired) electrons. The summed E-state index contributed by atoms with van der Waals surface area (Å²) in [6.07, 6.45) is 0. The van der Waals surface area contributed by atoms with Crippen LogP contribution in [0.25, 0.3) is 0 Å². The minimum atomic E-state index is -0.190. The predicted octanol–water partition coefficient (Wildman–Crippen LogP) is 0.389. The third-order valence-corrected chi connectivity index (χ3v) is 3.65. The summed E-state index contributed by atoms with van der Waals surface area (Å²) in [7, 11) is 5.23. The number of ether oxygens (including phenoxy) is 1. The zero-order chi connectivity index (χ0) is 14.7. The maximum atomic E-state index is 12.0. The number of piperazine rings is 1. The van der Waals surface area contributed by atoms with E-state index in [-0.39, 0.29) is 5.91 Å². The molecule has 1 fully saturated rings. The van der Waals surface area contributed by atoms with E-state index in [0.717, 1.165) is 31.9 Å². The van der Waals surface area contributed by atoms with Crippen LogP contribution in [0.4, 0.5) is 11.4 Å². The Morgan fingerprint density at radius 1 is 1.30 bits per heavy atom. The zero-order valence-electron chi connectivity index (χ0n) is 12.3. The lowest BCUT2D eigenvalue weighted by Gasteiger charge is -2.34. The molecular weight excluding hydrogens is 256 g/mol. The quantitative estimate of drug-likeness (QED) is 0.783. The minimum Gasteiger partial charge on any atom is -0.494 e. The number of anilines is 2. The highest BCUT2D eigenvalue weighted by molar-refractivity contribution is 5.99. The molecule has 0 unspecified atom stereocenters. The highest BCUT2D eigenvalue weighted by Crippen LogP contribution is 2.32. The standard InChI is InChI=1S/C14H22N4O2/c1-16-14(19)11-8-10(9-12(15)13(11)20-3)18-6-4-17(2)5-7-18/h8-9H,4-7,15H2,1-3H3,(H,16,19). The third kappa shape index (κ3) is 2.80. The van der Waals surface area contributed by atoms with Gasteiger partial charge in [-0.05, 0) is 19.2 Å². The van der Waals surface area contributed by atoms with Crippen molar-refractivity contribution >= 4 is 17.3 Å². The molecule has 1 saturated heterocycles. The van der Waals surface area contributed by atoms with E-state index >= 15 is 0 Å². The van der Waals surface area contributed by atoms with E-state index in [1.807, 2.05) is 12.1 Å². The van der Waals surface area contributed by atoms with Gasteiger partial charge < -0.3 is 25.6 Å². The summed E-state index contributed by atoms with van der Waals surface area (Å²) in [5.41, 5.74) is 7.95. The van der Waals surface area contributed by atoms with E-state index in [1.54, 1.807) is 7.05 Å². The van der Waals surface area contributed by atoms with Gasteiger partial charge in [0.05, 0.1) is 18.4 Å². The smallest absolute Gasteiger partial charge is 0.254 e. The average Bonchev–Trinajstić information content (AvgIpc) is 2.46. The molecule has 1 heterocycles. The molecule has 6 heteroatoms. The van der Waals surface area contributed by atoms with Crippen molar-refractivity contribution in [1.82, 2.24) is 10.2 Å². The van der Waals surface area contributed by atoms with Crippen LogP contribution in [0, 0.1) is 0 Å². The molecule has 1 aliphatic rings. The molecule has 1 aliphatic heterocycles. The Labute approximate surface area is 119 Å². The van der Waals surface area contributed by atoms with Crippen LogP contribution >= 0.6 is 0 Å². The van der Waals surface area contributed by atoms with Gasteiger partial charge in [0.15, 0.2) is 5.75 Å². The lowest BCUT2D eigenvalue weighted by Crippen LogP contribution is -2.44. The Morgan fingerprint density at radius 2 is 1.95 bits per heavy atom. The largest absolute Gasteiger partial charge is 0.494 e. The van der Waals surface area contributed by atoms with E-state index in [4.69, 9.17) is 10.5 Å². The number of rotatable bonds is 3. The second-order valence-electron chi connectivity index (χ2n) is 4.99. The molecule has 0 aliphatic carbocycles. The van der Waals surface area contributed by atoms with Crippen molar-refractivity contribution in [1.29, 1.82) is 0 Å². The highest BCUT2D eigenvalue weighted by atomic mass is 16.5. The summed E-state index contributed by atoms with van der Waals surface area (Å²) in [5.74, 6) is 0.242. The number of benzene rings is 1. The van der Waals surface area contributed by atoms with Crippen LogP contribution in [0.1, 0.15) is 10.4 Å². The Balaban J connectivity index is 2.35. The summed E-state index contributed by atoms with van der Waals surface area (Å²) >= 11 is 0. The molecule has 2 rings (SSSR count). The van der Waals surface area contributed by atoms with Crippen LogP contribution in [-0.2, 0) is 0 Å². The van der Waals surface area contributed by atoms with E-state index < -0.39 is 0 Å². The fraction of sp³-hybridized carbons (Fsp3) is 0.500. The first-order valence-corrected chi connectivity index (χ1v) is 6.70. The number of nitrogens with two attached hydrogens (primary N) is 1. The lowest BCUT2D eigenvalue weighted by molar-refractivity contribution is 0.0960. The number of nitrogens with zero attached hydrogens (tertiary/aromatic N) is 2. The van der Waals surface area contributed by atoms with Crippen LogP contribution < -0.4 is 20.7 Å². The number of hydrogen-bond donors (Lipinski definition) is 2. The first-order chi connectivity index (χ1) is 9.56. The molecule has 0 saturated carbocycles. The van der Waals surface area contributed by atoms with E-state index in [0.29, 0.717) is 17.0 Å². The summed E-state index contributed by atoms with van der Waals surface area (Å²) < 4.78 is 5.25. The molecule has 0 bridgehead atoms. The molecule has 1 amide bonds. The number of methoxy groups -OCH3 is 1. The SMILES string of the molecule is CNC(=O)c1cc(N2CCN(C)CC2)cc(N)c1OC. The third-order valence-electron chi connectivity index (χ3n) is 3.65. The fourth-order valence-corrected chi connectivity index (χ4v) is 2.41. The summed E-state index contributed by atoms with van der Waals surface area (Å²) in [6.45, 7) is 3.85. The number of carbonyl (C=O) groups is 1. The number of nitrogens with one attached hydrogen (secondary N) is 1. The highest BCUT2D eigenvalue weighted by Gasteiger charge is 2.20. The normalized spacial score (nSPS) is 16.1. The number of carbonyl (C=O) groups excluding carboxylic acids is 1. The summed E-state index contributed by atoms with van der Waals surface area (Å²) in [5, 5.41) is 2.62. The van der Waals surface area contributed by atoms with Crippen molar-refractivity contribution in [3.8, 4) is 5.75 Å². The van der Waals surface area contributed by atoms with Crippen molar-refractivity contribution in [2.75, 3.05) is 58.0 Å². The fourth-order valence-electron chi connectivity index (χ4n) is 2.41. The number of hydrogen-bond acceptors (Lipinski definition) is 5. The van der Waals surface area contributed by atoms with E-state index in [2.05, 4.69) is 22.2 Å². The minimum absolute atomic E-state index is 0.190. The van der Waals surface area contributed by atoms with Crippen LogP contribution in [0.3, 0.4) is 0 Å². The van der Waals surface area contributed by atoms with Gasteiger partial charge in [-0.25, -0.2) is 0 Å². The molecule has 20 heavy (non-hydrogen) atoms. The second kappa shape index (κ2) is 6.00. The Kier molecular flexibility index (Phi) is 4.34.